The summed E-state index contributed by atoms with van der Waals surface area (Å²) in [5.41, 5.74) is 7.91. The van der Waals surface area contributed by atoms with Crippen molar-refractivity contribution >= 4 is 28.7 Å². The molecule has 0 atom stereocenters. The Bertz CT molecular complexity index is 595. The van der Waals surface area contributed by atoms with Crippen LogP contribution in [0, 0.1) is 6.92 Å². The lowest BCUT2D eigenvalue weighted by atomic mass is 10.1. The van der Waals surface area contributed by atoms with Crippen molar-refractivity contribution in [3.63, 3.8) is 0 Å². The molecule has 0 radical (unpaired) electrons. The van der Waals surface area contributed by atoms with Gasteiger partial charge in [-0.15, -0.1) is 11.3 Å². The van der Waals surface area contributed by atoms with E-state index in [4.69, 9.17) is 10.8 Å². The van der Waals surface area contributed by atoms with Crippen molar-refractivity contribution in [2.45, 2.75) is 13.3 Å². The number of hydrogen-bond acceptors (Lipinski definition) is 5. The van der Waals surface area contributed by atoms with Gasteiger partial charge in [0.2, 0.25) is 0 Å². The van der Waals surface area contributed by atoms with E-state index in [2.05, 4.69) is 10.3 Å². The summed E-state index contributed by atoms with van der Waals surface area (Å²) in [6.45, 7) is 2.55. The Balaban J connectivity index is 2.05. The number of nitrogens with zero attached hydrogens (tertiary/aromatic N) is 1. The molecule has 0 unspecified atom stereocenters. The van der Waals surface area contributed by atoms with E-state index in [9.17, 15) is 4.79 Å². The highest BCUT2D eigenvalue weighted by Crippen LogP contribution is 2.23. The highest BCUT2D eigenvalue weighted by molar-refractivity contribution is 7.09. The number of nitrogens with one attached hydrogen (secondary N) is 1. The van der Waals surface area contributed by atoms with Crippen LogP contribution in [0.1, 0.15) is 21.1 Å². The average Bonchev–Trinajstić information content (AvgIpc) is 2.77. The van der Waals surface area contributed by atoms with Gasteiger partial charge in [-0.1, -0.05) is 6.07 Å². The van der Waals surface area contributed by atoms with E-state index in [1.165, 1.54) is 6.07 Å². The number of aromatic carboxylic acids is 1. The van der Waals surface area contributed by atoms with E-state index in [0.717, 1.165) is 17.1 Å². The lowest BCUT2D eigenvalue weighted by Gasteiger charge is -2.11. The monoisotopic (exact) mass is 277 g/mol. The van der Waals surface area contributed by atoms with Crippen LogP contribution in [0.4, 0.5) is 11.4 Å². The molecule has 100 valence electrons. The summed E-state index contributed by atoms with van der Waals surface area (Å²) in [6.07, 6.45) is 0.742. The van der Waals surface area contributed by atoms with Crippen molar-refractivity contribution < 1.29 is 9.90 Å². The zero-order chi connectivity index (χ0) is 13.8. The zero-order valence-electron chi connectivity index (χ0n) is 10.5. The maximum absolute atomic E-state index is 11.1. The molecular weight excluding hydrogens is 262 g/mol. The van der Waals surface area contributed by atoms with Crippen LogP contribution in [0.2, 0.25) is 0 Å². The van der Waals surface area contributed by atoms with E-state index in [-0.39, 0.29) is 5.56 Å². The van der Waals surface area contributed by atoms with E-state index >= 15 is 0 Å². The van der Waals surface area contributed by atoms with Gasteiger partial charge in [-0.25, -0.2) is 9.78 Å². The van der Waals surface area contributed by atoms with Crippen LogP contribution < -0.4 is 11.1 Å². The van der Waals surface area contributed by atoms with Crippen molar-refractivity contribution in [1.29, 1.82) is 0 Å². The molecule has 19 heavy (non-hydrogen) atoms. The second-order valence-electron chi connectivity index (χ2n) is 4.13. The number of anilines is 2. The maximum atomic E-state index is 11.1. The van der Waals surface area contributed by atoms with E-state index in [1.807, 2.05) is 12.3 Å². The predicted octanol–water partition coefficient (Wildman–Crippen LogP) is 2.39. The van der Waals surface area contributed by atoms with Gasteiger partial charge in [-0.2, -0.15) is 0 Å². The summed E-state index contributed by atoms with van der Waals surface area (Å²) in [7, 11) is 0. The second kappa shape index (κ2) is 5.71. The lowest BCUT2D eigenvalue weighted by Crippen LogP contribution is -2.11. The molecule has 0 spiro atoms. The molecule has 0 saturated carbocycles. The van der Waals surface area contributed by atoms with Gasteiger partial charge >= 0.3 is 5.97 Å². The molecule has 2 rings (SSSR count). The van der Waals surface area contributed by atoms with E-state index in [1.54, 1.807) is 23.5 Å². The number of thiazole rings is 1. The molecule has 0 bridgehead atoms. The molecule has 5 nitrogen and oxygen atoms in total. The van der Waals surface area contributed by atoms with Crippen molar-refractivity contribution in [1.82, 2.24) is 4.98 Å². The van der Waals surface area contributed by atoms with Gasteiger partial charge in [-0.05, 0) is 19.1 Å². The number of benzene rings is 1. The number of hydrogen-bond donors (Lipinski definition) is 3. The van der Waals surface area contributed by atoms with Crippen LogP contribution in [-0.2, 0) is 6.42 Å². The van der Waals surface area contributed by atoms with Crippen molar-refractivity contribution in [3.05, 3.63) is 39.8 Å². The average molecular weight is 277 g/mol. The first-order valence-corrected chi connectivity index (χ1v) is 6.72. The Morgan fingerprint density at radius 2 is 2.32 bits per heavy atom. The van der Waals surface area contributed by atoms with Crippen LogP contribution >= 0.6 is 11.3 Å². The number of aromatic nitrogens is 1. The number of nitrogen functional groups attached to an aromatic ring is 1. The normalized spacial score (nSPS) is 10.4. The summed E-state index contributed by atoms with van der Waals surface area (Å²) in [6, 6.07) is 4.85. The molecule has 0 aliphatic rings. The molecule has 2 aromatic rings. The third-order valence-corrected chi connectivity index (χ3v) is 3.66. The molecule has 1 aromatic carbocycles. The van der Waals surface area contributed by atoms with Gasteiger partial charge in [0.25, 0.3) is 0 Å². The van der Waals surface area contributed by atoms with Crippen LogP contribution in [0.3, 0.4) is 0 Å². The summed E-state index contributed by atoms with van der Waals surface area (Å²) in [4.78, 5) is 15.5. The van der Waals surface area contributed by atoms with E-state index in [0.29, 0.717) is 17.9 Å². The Labute approximate surface area is 115 Å². The van der Waals surface area contributed by atoms with Crippen LogP contribution in [0.25, 0.3) is 0 Å². The standard InChI is InChI=1S/C13H15N3O2S/c1-8-7-19-11(16-8)5-6-15-12-9(13(17)18)3-2-4-10(12)14/h2-4,7,15H,5-6,14H2,1H3,(H,17,18). The summed E-state index contributed by atoms with van der Waals surface area (Å²) < 4.78 is 0. The Hall–Kier alpha value is -2.08. The fourth-order valence-corrected chi connectivity index (χ4v) is 2.53. The molecule has 4 N–H and O–H groups in total. The van der Waals surface area contributed by atoms with Crippen molar-refractivity contribution in [2.24, 2.45) is 0 Å². The molecule has 0 aliphatic carbocycles. The Morgan fingerprint density at radius 3 is 2.95 bits per heavy atom. The van der Waals surface area contributed by atoms with Gasteiger partial charge in [-0.3, -0.25) is 0 Å². The lowest BCUT2D eigenvalue weighted by molar-refractivity contribution is 0.0698. The maximum Gasteiger partial charge on any atom is 0.337 e. The van der Waals surface area contributed by atoms with Gasteiger partial charge in [0.05, 0.1) is 21.9 Å². The highest BCUT2D eigenvalue weighted by atomic mass is 32.1. The van der Waals surface area contributed by atoms with Crippen LogP contribution in [-0.4, -0.2) is 22.6 Å². The minimum absolute atomic E-state index is 0.190. The van der Waals surface area contributed by atoms with Gasteiger partial charge in [0.15, 0.2) is 0 Å². The topological polar surface area (TPSA) is 88.2 Å². The van der Waals surface area contributed by atoms with E-state index < -0.39 is 5.97 Å². The van der Waals surface area contributed by atoms with Crippen LogP contribution in [0.5, 0.6) is 0 Å². The van der Waals surface area contributed by atoms with Gasteiger partial charge in [0, 0.05) is 24.0 Å². The number of carboxylic acids is 1. The molecule has 0 aliphatic heterocycles. The van der Waals surface area contributed by atoms with Gasteiger partial charge in [0.1, 0.15) is 0 Å². The first kappa shape index (κ1) is 13.4. The van der Waals surface area contributed by atoms with Crippen LogP contribution in [0.15, 0.2) is 23.6 Å². The largest absolute Gasteiger partial charge is 0.478 e. The minimum atomic E-state index is -0.986. The molecule has 1 heterocycles. The third kappa shape index (κ3) is 3.23. The molecule has 0 amide bonds. The smallest absolute Gasteiger partial charge is 0.337 e. The molecule has 0 saturated heterocycles. The van der Waals surface area contributed by atoms with Crippen molar-refractivity contribution in [3.8, 4) is 0 Å². The quantitative estimate of drug-likeness (QED) is 0.730. The second-order valence-corrected chi connectivity index (χ2v) is 5.08. The summed E-state index contributed by atoms with van der Waals surface area (Å²) >= 11 is 1.60. The fourth-order valence-electron chi connectivity index (χ4n) is 1.76. The Kier molecular flexibility index (Phi) is 4.01. The minimum Gasteiger partial charge on any atom is -0.478 e. The number of aryl methyl sites for hydroxylation is 1. The SMILES string of the molecule is Cc1csc(CCNc2c(N)cccc2C(=O)O)n1. The molecular formula is C13H15N3O2S. The number of para-hydroxylation sites is 1. The summed E-state index contributed by atoms with van der Waals surface area (Å²) in [5, 5.41) is 15.2. The first-order chi connectivity index (χ1) is 9.08. The molecule has 1 aromatic heterocycles. The highest BCUT2D eigenvalue weighted by Gasteiger charge is 2.12. The number of carboxylic acid groups (broad SMARTS) is 1. The number of nitrogens with two attached hydrogens (primary N) is 1. The van der Waals surface area contributed by atoms with Crippen molar-refractivity contribution in [2.75, 3.05) is 17.6 Å². The number of rotatable bonds is 5. The fraction of sp³-hybridized carbons (Fsp3) is 0.231. The third-order valence-electron chi connectivity index (χ3n) is 2.63. The predicted molar refractivity (Wildman–Crippen MR) is 76.9 cm³/mol. The van der Waals surface area contributed by atoms with Gasteiger partial charge < -0.3 is 16.2 Å². The molecule has 6 heteroatoms. The first-order valence-electron chi connectivity index (χ1n) is 5.84. The molecule has 0 fully saturated rings. The number of carbonyl (C=O) groups is 1. The zero-order valence-corrected chi connectivity index (χ0v) is 11.3. The Morgan fingerprint density at radius 1 is 1.53 bits per heavy atom. The summed E-state index contributed by atoms with van der Waals surface area (Å²) in [5.74, 6) is -0.986.